The summed E-state index contributed by atoms with van der Waals surface area (Å²) in [4.78, 5) is 4.70. The molecule has 106 valence electrons. The Morgan fingerprint density at radius 1 is 1.37 bits per heavy atom. The second-order valence-electron chi connectivity index (χ2n) is 6.68. The highest BCUT2D eigenvalue weighted by Gasteiger charge is 2.19. The fourth-order valence-corrected chi connectivity index (χ4v) is 2.88. The molecule has 0 atom stereocenters. The molecule has 1 aliphatic rings. The van der Waals surface area contributed by atoms with E-state index in [1.54, 1.807) is 0 Å². The summed E-state index contributed by atoms with van der Waals surface area (Å²) in [5.74, 6) is 0. The smallest absolute Gasteiger partial charge is 0.0397 e. The van der Waals surface area contributed by atoms with Crippen molar-refractivity contribution in [3.05, 3.63) is 29.3 Å². The summed E-state index contributed by atoms with van der Waals surface area (Å²) < 4.78 is 0. The molecule has 0 fully saturated rings. The average molecular weight is 261 g/mol. The minimum absolute atomic E-state index is 0.186. The first-order valence-electron chi connectivity index (χ1n) is 7.13. The monoisotopic (exact) mass is 261 g/mol. The second kappa shape index (κ2) is 5.51. The predicted octanol–water partition coefficient (Wildman–Crippen LogP) is 2.10. The minimum Gasteiger partial charge on any atom is -0.374 e. The maximum absolute atomic E-state index is 5.80. The molecule has 0 radical (unpaired) electrons. The molecular formula is C16H27N3. The quantitative estimate of drug-likeness (QED) is 0.881. The summed E-state index contributed by atoms with van der Waals surface area (Å²) >= 11 is 0. The molecular weight excluding hydrogens is 234 g/mol. The summed E-state index contributed by atoms with van der Waals surface area (Å²) in [5, 5.41) is 0. The molecule has 0 spiro atoms. The van der Waals surface area contributed by atoms with E-state index < -0.39 is 0 Å². The Morgan fingerprint density at radius 2 is 2.11 bits per heavy atom. The first kappa shape index (κ1) is 14.4. The highest BCUT2D eigenvalue weighted by Crippen LogP contribution is 2.28. The van der Waals surface area contributed by atoms with Crippen LogP contribution in [-0.4, -0.2) is 38.6 Å². The van der Waals surface area contributed by atoms with Crippen molar-refractivity contribution in [2.24, 2.45) is 11.1 Å². The SMILES string of the molecule is CN(Cc1ccc2c(c1)CCN2C)CC(C)(C)CN. The molecule has 19 heavy (non-hydrogen) atoms. The molecule has 0 aliphatic carbocycles. The maximum Gasteiger partial charge on any atom is 0.0397 e. The number of benzene rings is 1. The molecule has 2 N–H and O–H groups in total. The van der Waals surface area contributed by atoms with Crippen LogP contribution < -0.4 is 10.6 Å². The van der Waals surface area contributed by atoms with Crippen LogP contribution in [0.5, 0.6) is 0 Å². The fraction of sp³-hybridized carbons (Fsp3) is 0.625. The number of rotatable bonds is 5. The molecule has 1 aromatic carbocycles. The molecule has 0 saturated heterocycles. The largest absolute Gasteiger partial charge is 0.374 e. The van der Waals surface area contributed by atoms with E-state index in [0.717, 1.165) is 26.2 Å². The van der Waals surface area contributed by atoms with Crippen LogP contribution in [0.1, 0.15) is 25.0 Å². The Labute approximate surface area is 117 Å². The lowest BCUT2D eigenvalue weighted by Crippen LogP contribution is -2.36. The van der Waals surface area contributed by atoms with E-state index in [-0.39, 0.29) is 5.41 Å². The highest BCUT2D eigenvalue weighted by molar-refractivity contribution is 5.58. The third-order valence-electron chi connectivity index (χ3n) is 3.97. The molecule has 3 heteroatoms. The number of nitrogens with two attached hydrogens (primary N) is 1. The van der Waals surface area contributed by atoms with Gasteiger partial charge in [0.2, 0.25) is 0 Å². The average Bonchev–Trinajstić information content (AvgIpc) is 2.70. The van der Waals surface area contributed by atoms with Gasteiger partial charge in [-0.3, -0.25) is 0 Å². The molecule has 1 heterocycles. The van der Waals surface area contributed by atoms with Crippen LogP contribution in [0, 0.1) is 5.41 Å². The molecule has 1 aliphatic heterocycles. The molecule has 1 aromatic rings. The lowest BCUT2D eigenvalue weighted by Gasteiger charge is -2.29. The van der Waals surface area contributed by atoms with Gasteiger partial charge in [-0.2, -0.15) is 0 Å². The molecule has 0 unspecified atom stereocenters. The zero-order valence-corrected chi connectivity index (χ0v) is 12.7. The van der Waals surface area contributed by atoms with Gasteiger partial charge < -0.3 is 15.5 Å². The Kier molecular flexibility index (Phi) is 4.16. The number of hydrogen-bond acceptors (Lipinski definition) is 3. The molecule has 0 saturated carbocycles. The predicted molar refractivity (Wildman–Crippen MR) is 82.6 cm³/mol. The first-order chi connectivity index (χ1) is 8.91. The van der Waals surface area contributed by atoms with Crippen LogP contribution in [0.2, 0.25) is 0 Å². The second-order valence-corrected chi connectivity index (χ2v) is 6.68. The van der Waals surface area contributed by atoms with Crippen LogP contribution in [0.25, 0.3) is 0 Å². The van der Waals surface area contributed by atoms with Crippen molar-refractivity contribution in [1.29, 1.82) is 0 Å². The number of likely N-dealkylation sites (N-methyl/N-ethyl adjacent to an activating group) is 1. The van der Waals surface area contributed by atoms with Crippen molar-refractivity contribution < 1.29 is 0 Å². The van der Waals surface area contributed by atoms with Gasteiger partial charge in [0.1, 0.15) is 0 Å². The van der Waals surface area contributed by atoms with Crippen molar-refractivity contribution in [3.8, 4) is 0 Å². The van der Waals surface area contributed by atoms with E-state index in [2.05, 4.69) is 55.9 Å². The van der Waals surface area contributed by atoms with Crippen molar-refractivity contribution in [1.82, 2.24) is 4.90 Å². The van der Waals surface area contributed by atoms with Crippen LogP contribution in [0.3, 0.4) is 0 Å². The van der Waals surface area contributed by atoms with Crippen molar-refractivity contribution in [2.45, 2.75) is 26.8 Å². The zero-order valence-electron chi connectivity index (χ0n) is 12.7. The van der Waals surface area contributed by atoms with Gasteiger partial charge >= 0.3 is 0 Å². The summed E-state index contributed by atoms with van der Waals surface area (Å²) in [7, 11) is 4.35. The molecule has 0 amide bonds. The van der Waals surface area contributed by atoms with Crippen LogP contribution in [-0.2, 0) is 13.0 Å². The van der Waals surface area contributed by atoms with Crippen molar-refractivity contribution >= 4 is 5.69 Å². The Bertz CT molecular complexity index is 440. The third kappa shape index (κ3) is 3.48. The molecule has 3 nitrogen and oxygen atoms in total. The lowest BCUT2D eigenvalue weighted by atomic mass is 9.93. The van der Waals surface area contributed by atoms with Crippen LogP contribution in [0.15, 0.2) is 18.2 Å². The van der Waals surface area contributed by atoms with Gasteiger partial charge in [-0.1, -0.05) is 26.0 Å². The molecule has 0 aromatic heterocycles. The Morgan fingerprint density at radius 3 is 2.79 bits per heavy atom. The Balaban J connectivity index is 2.00. The summed E-state index contributed by atoms with van der Waals surface area (Å²) in [6.07, 6.45) is 1.18. The lowest BCUT2D eigenvalue weighted by molar-refractivity contribution is 0.210. The van der Waals surface area contributed by atoms with Gasteiger partial charge in [0.25, 0.3) is 0 Å². The standard InChI is InChI=1S/C16H27N3/c1-16(2,11-17)12-18(3)10-13-5-6-15-14(9-13)7-8-19(15)4/h5-6,9H,7-8,10-12,17H2,1-4H3. The van der Waals surface area contributed by atoms with Gasteiger partial charge in [-0.25, -0.2) is 0 Å². The minimum atomic E-state index is 0.186. The molecule has 2 rings (SSSR count). The normalized spacial score (nSPS) is 15.2. The van der Waals surface area contributed by atoms with Crippen molar-refractivity contribution in [3.63, 3.8) is 0 Å². The van der Waals surface area contributed by atoms with E-state index in [0.29, 0.717) is 0 Å². The highest BCUT2D eigenvalue weighted by atomic mass is 15.1. The maximum atomic E-state index is 5.80. The van der Waals surface area contributed by atoms with E-state index >= 15 is 0 Å². The third-order valence-corrected chi connectivity index (χ3v) is 3.97. The van der Waals surface area contributed by atoms with Crippen molar-refractivity contribution in [2.75, 3.05) is 38.6 Å². The zero-order chi connectivity index (χ0) is 14.0. The fourth-order valence-electron chi connectivity index (χ4n) is 2.88. The van der Waals surface area contributed by atoms with Crippen LogP contribution >= 0.6 is 0 Å². The van der Waals surface area contributed by atoms with Gasteiger partial charge in [0, 0.05) is 32.4 Å². The number of hydrogen-bond donors (Lipinski definition) is 1. The molecule has 0 bridgehead atoms. The van der Waals surface area contributed by atoms with Gasteiger partial charge in [-0.05, 0) is 42.6 Å². The summed E-state index contributed by atoms with van der Waals surface area (Å²) in [6, 6.07) is 6.89. The van der Waals surface area contributed by atoms with Gasteiger partial charge in [-0.15, -0.1) is 0 Å². The van der Waals surface area contributed by atoms with Gasteiger partial charge in [0.05, 0.1) is 0 Å². The number of anilines is 1. The summed E-state index contributed by atoms with van der Waals surface area (Å²) in [6.45, 7) is 8.35. The van der Waals surface area contributed by atoms with E-state index in [9.17, 15) is 0 Å². The van der Waals surface area contributed by atoms with E-state index in [1.165, 1.54) is 23.2 Å². The number of nitrogens with zero attached hydrogens (tertiary/aromatic N) is 2. The number of fused-ring (bicyclic) bond motifs is 1. The van der Waals surface area contributed by atoms with E-state index in [1.807, 2.05) is 0 Å². The summed E-state index contributed by atoms with van der Waals surface area (Å²) in [5.41, 5.74) is 10.3. The topological polar surface area (TPSA) is 32.5 Å². The van der Waals surface area contributed by atoms with E-state index in [4.69, 9.17) is 5.73 Å². The Hall–Kier alpha value is -1.06. The van der Waals surface area contributed by atoms with Gasteiger partial charge in [0.15, 0.2) is 0 Å². The van der Waals surface area contributed by atoms with Crippen LogP contribution in [0.4, 0.5) is 5.69 Å². The first-order valence-corrected chi connectivity index (χ1v) is 7.13.